The van der Waals surface area contributed by atoms with E-state index in [2.05, 4.69) is 0 Å². The fraction of sp³-hybridized carbons (Fsp3) is 0.308. The maximum atomic E-state index is 11.4. The second-order valence-electron chi connectivity index (χ2n) is 3.91. The van der Waals surface area contributed by atoms with Crippen LogP contribution in [0.2, 0.25) is 5.02 Å². The van der Waals surface area contributed by atoms with Gasteiger partial charge in [0.2, 0.25) is 0 Å². The van der Waals surface area contributed by atoms with Crippen LogP contribution in [0.15, 0.2) is 33.5 Å². The van der Waals surface area contributed by atoms with Gasteiger partial charge in [0.05, 0.1) is 18.1 Å². The quantitative estimate of drug-likeness (QED) is 0.668. The Balaban J connectivity index is 2.30. The van der Waals surface area contributed by atoms with E-state index in [-0.39, 0.29) is 0 Å². The van der Waals surface area contributed by atoms with Crippen LogP contribution < -0.4 is 16.1 Å². The molecule has 0 saturated heterocycles. The van der Waals surface area contributed by atoms with Crippen LogP contribution in [0.5, 0.6) is 5.75 Å². The molecule has 0 aliphatic carbocycles. The van der Waals surface area contributed by atoms with E-state index in [0.717, 1.165) is 12.8 Å². The fourth-order valence-electron chi connectivity index (χ4n) is 1.65. The van der Waals surface area contributed by atoms with Gasteiger partial charge < -0.3 is 14.9 Å². The van der Waals surface area contributed by atoms with Gasteiger partial charge in [-0.1, -0.05) is 11.6 Å². The predicted molar refractivity (Wildman–Crippen MR) is 71.3 cm³/mol. The highest BCUT2D eigenvalue weighted by molar-refractivity contribution is 6.31. The van der Waals surface area contributed by atoms with Gasteiger partial charge in [-0.3, -0.25) is 0 Å². The molecular formula is C13H14ClNO3. The summed E-state index contributed by atoms with van der Waals surface area (Å²) >= 11 is 5.92. The molecule has 0 radical (unpaired) electrons. The lowest BCUT2D eigenvalue weighted by Crippen LogP contribution is -2.05. The standard InChI is InChI=1S/C13H14ClNO3/c14-9-3-4-11-10(7-9)12(8-13(16)18-11)17-6-2-1-5-15/h3-4,7-8H,1-2,5-6,15H2. The molecule has 96 valence electrons. The Morgan fingerprint density at radius 2 is 2.11 bits per heavy atom. The minimum Gasteiger partial charge on any atom is -0.493 e. The number of rotatable bonds is 5. The average molecular weight is 268 g/mol. The summed E-state index contributed by atoms with van der Waals surface area (Å²) in [5.74, 6) is 0.501. The van der Waals surface area contributed by atoms with E-state index < -0.39 is 5.63 Å². The first-order chi connectivity index (χ1) is 8.70. The highest BCUT2D eigenvalue weighted by atomic mass is 35.5. The van der Waals surface area contributed by atoms with Crippen molar-refractivity contribution in [1.29, 1.82) is 0 Å². The summed E-state index contributed by atoms with van der Waals surface area (Å²) in [6.45, 7) is 1.15. The van der Waals surface area contributed by atoms with Crippen LogP contribution in [0.1, 0.15) is 12.8 Å². The van der Waals surface area contributed by atoms with Crippen molar-refractivity contribution in [1.82, 2.24) is 0 Å². The molecular weight excluding hydrogens is 254 g/mol. The first-order valence-electron chi connectivity index (χ1n) is 5.77. The molecule has 2 aromatic rings. The lowest BCUT2D eigenvalue weighted by molar-refractivity contribution is 0.309. The van der Waals surface area contributed by atoms with Gasteiger partial charge in [-0.15, -0.1) is 0 Å². The summed E-state index contributed by atoms with van der Waals surface area (Å²) in [6.07, 6.45) is 1.74. The second-order valence-corrected chi connectivity index (χ2v) is 4.35. The lowest BCUT2D eigenvalue weighted by atomic mass is 10.2. The maximum Gasteiger partial charge on any atom is 0.339 e. The van der Waals surface area contributed by atoms with Crippen molar-refractivity contribution in [2.24, 2.45) is 5.73 Å². The topological polar surface area (TPSA) is 65.5 Å². The van der Waals surface area contributed by atoms with E-state index in [1.54, 1.807) is 18.2 Å². The largest absolute Gasteiger partial charge is 0.493 e. The van der Waals surface area contributed by atoms with E-state index in [9.17, 15) is 4.79 Å². The number of fused-ring (bicyclic) bond motifs is 1. The molecule has 0 bridgehead atoms. The Morgan fingerprint density at radius 1 is 1.28 bits per heavy atom. The van der Waals surface area contributed by atoms with Gasteiger partial charge in [-0.05, 0) is 37.6 Å². The Labute approximate surface area is 109 Å². The Bertz CT molecular complexity index is 594. The normalized spacial score (nSPS) is 10.8. The molecule has 0 aliphatic heterocycles. The fourth-order valence-corrected chi connectivity index (χ4v) is 1.83. The summed E-state index contributed by atoms with van der Waals surface area (Å²) < 4.78 is 10.7. The van der Waals surface area contributed by atoms with Gasteiger partial charge in [0.15, 0.2) is 0 Å². The molecule has 2 rings (SSSR count). The molecule has 0 fully saturated rings. The van der Waals surface area contributed by atoms with Crippen LogP contribution in [0.3, 0.4) is 0 Å². The molecule has 1 aromatic carbocycles. The smallest absolute Gasteiger partial charge is 0.339 e. The summed E-state index contributed by atoms with van der Waals surface area (Å²) in [5.41, 5.74) is 5.45. The third-order valence-corrected chi connectivity index (χ3v) is 2.76. The minimum atomic E-state index is -0.432. The highest BCUT2D eigenvalue weighted by Gasteiger charge is 2.07. The Kier molecular flexibility index (Phi) is 4.23. The highest BCUT2D eigenvalue weighted by Crippen LogP contribution is 2.26. The third kappa shape index (κ3) is 3.03. The zero-order valence-corrected chi connectivity index (χ0v) is 10.6. The van der Waals surface area contributed by atoms with E-state index in [1.807, 2.05) is 0 Å². The molecule has 0 atom stereocenters. The van der Waals surface area contributed by atoms with Gasteiger partial charge in [0.1, 0.15) is 11.3 Å². The van der Waals surface area contributed by atoms with Gasteiger partial charge >= 0.3 is 5.63 Å². The zero-order chi connectivity index (χ0) is 13.0. The third-order valence-electron chi connectivity index (χ3n) is 2.52. The van der Waals surface area contributed by atoms with Crippen LogP contribution in [-0.4, -0.2) is 13.2 Å². The Morgan fingerprint density at radius 3 is 2.89 bits per heavy atom. The molecule has 5 heteroatoms. The minimum absolute atomic E-state index is 0.432. The van der Waals surface area contributed by atoms with Crippen LogP contribution in [-0.2, 0) is 0 Å². The van der Waals surface area contributed by atoms with Crippen LogP contribution in [0.25, 0.3) is 11.0 Å². The van der Waals surface area contributed by atoms with Crippen molar-refractivity contribution in [3.63, 3.8) is 0 Å². The average Bonchev–Trinajstić information content (AvgIpc) is 2.35. The number of halogens is 1. The van der Waals surface area contributed by atoms with Gasteiger partial charge in [0, 0.05) is 5.02 Å². The van der Waals surface area contributed by atoms with Crippen LogP contribution >= 0.6 is 11.6 Å². The van der Waals surface area contributed by atoms with Crippen molar-refractivity contribution < 1.29 is 9.15 Å². The van der Waals surface area contributed by atoms with E-state index in [1.165, 1.54) is 6.07 Å². The molecule has 4 nitrogen and oxygen atoms in total. The molecule has 0 aliphatic rings. The van der Waals surface area contributed by atoms with Crippen molar-refractivity contribution in [2.75, 3.05) is 13.2 Å². The summed E-state index contributed by atoms with van der Waals surface area (Å²) in [7, 11) is 0. The molecule has 1 heterocycles. The SMILES string of the molecule is NCCCCOc1cc(=O)oc2ccc(Cl)cc12. The first kappa shape index (κ1) is 12.9. The number of hydrogen-bond donors (Lipinski definition) is 1. The van der Waals surface area contributed by atoms with E-state index >= 15 is 0 Å². The van der Waals surface area contributed by atoms with Crippen molar-refractivity contribution >= 4 is 22.6 Å². The molecule has 0 unspecified atom stereocenters. The monoisotopic (exact) mass is 267 g/mol. The number of unbranched alkanes of at least 4 members (excludes halogenated alkanes) is 1. The Hall–Kier alpha value is -1.52. The summed E-state index contributed by atoms with van der Waals surface area (Å²) in [6, 6.07) is 6.38. The van der Waals surface area contributed by atoms with Crippen molar-refractivity contribution in [3.8, 4) is 5.75 Å². The van der Waals surface area contributed by atoms with Crippen LogP contribution in [0.4, 0.5) is 0 Å². The maximum absolute atomic E-state index is 11.4. The molecule has 0 amide bonds. The number of nitrogens with two attached hydrogens (primary N) is 1. The first-order valence-corrected chi connectivity index (χ1v) is 6.15. The molecule has 0 spiro atoms. The number of benzene rings is 1. The molecule has 0 saturated carbocycles. The van der Waals surface area contributed by atoms with Gasteiger partial charge in [-0.25, -0.2) is 4.79 Å². The second kappa shape index (κ2) is 5.89. The summed E-state index contributed by atoms with van der Waals surface area (Å²) in [5, 5.41) is 1.28. The van der Waals surface area contributed by atoms with Crippen molar-refractivity contribution in [2.45, 2.75) is 12.8 Å². The van der Waals surface area contributed by atoms with Gasteiger partial charge in [0.25, 0.3) is 0 Å². The van der Waals surface area contributed by atoms with Crippen molar-refractivity contribution in [3.05, 3.63) is 39.7 Å². The van der Waals surface area contributed by atoms with E-state index in [0.29, 0.717) is 34.9 Å². The van der Waals surface area contributed by atoms with Gasteiger partial charge in [-0.2, -0.15) is 0 Å². The predicted octanol–water partition coefficient (Wildman–Crippen LogP) is 2.56. The van der Waals surface area contributed by atoms with Crippen LogP contribution in [0, 0.1) is 0 Å². The zero-order valence-electron chi connectivity index (χ0n) is 9.82. The lowest BCUT2D eigenvalue weighted by Gasteiger charge is -2.08. The summed E-state index contributed by atoms with van der Waals surface area (Å²) in [4.78, 5) is 11.4. The molecule has 2 N–H and O–H groups in total. The molecule has 18 heavy (non-hydrogen) atoms. The molecule has 1 aromatic heterocycles. The number of hydrogen-bond acceptors (Lipinski definition) is 4. The number of ether oxygens (including phenoxy) is 1. The van der Waals surface area contributed by atoms with E-state index in [4.69, 9.17) is 26.5 Å².